The van der Waals surface area contributed by atoms with Crippen molar-refractivity contribution in [3.05, 3.63) is 146 Å². The molecule has 0 fully saturated rings. The fourth-order valence-electron chi connectivity index (χ4n) is 8.47. The maximum absolute atomic E-state index is 12.9. The molecule has 0 aromatic rings. The zero-order valence-corrected chi connectivity index (χ0v) is 51.1. The van der Waals surface area contributed by atoms with Crippen LogP contribution in [0, 0.1) is 0 Å². The van der Waals surface area contributed by atoms with Crippen molar-refractivity contribution in [2.75, 3.05) is 13.2 Å². The zero-order valence-electron chi connectivity index (χ0n) is 51.1. The summed E-state index contributed by atoms with van der Waals surface area (Å²) in [6, 6.07) is 0. The molecule has 1 unspecified atom stereocenters. The molecule has 6 heteroatoms. The Morgan fingerprint density at radius 3 is 0.823 bits per heavy atom. The highest BCUT2D eigenvalue weighted by Crippen LogP contribution is 2.14. The van der Waals surface area contributed by atoms with Crippen LogP contribution < -0.4 is 0 Å². The molecule has 0 aliphatic heterocycles. The number of carbonyl (C=O) groups is 3. The molecule has 1 atom stereocenters. The van der Waals surface area contributed by atoms with Crippen LogP contribution in [0.5, 0.6) is 0 Å². The van der Waals surface area contributed by atoms with Gasteiger partial charge in [-0.1, -0.05) is 263 Å². The Labute approximate surface area is 487 Å². The van der Waals surface area contributed by atoms with E-state index in [4.69, 9.17) is 14.2 Å². The van der Waals surface area contributed by atoms with Gasteiger partial charge in [0.15, 0.2) is 6.10 Å². The van der Waals surface area contributed by atoms with Crippen molar-refractivity contribution in [1.82, 2.24) is 0 Å². The Balaban J connectivity index is 4.36. The Morgan fingerprint density at radius 1 is 0.266 bits per heavy atom. The van der Waals surface area contributed by atoms with E-state index < -0.39 is 6.10 Å². The first-order valence-corrected chi connectivity index (χ1v) is 32.3. The van der Waals surface area contributed by atoms with Crippen LogP contribution in [0.2, 0.25) is 0 Å². The highest BCUT2D eigenvalue weighted by atomic mass is 16.6. The predicted octanol–water partition coefficient (Wildman–Crippen LogP) is 22.3. The zero-order chi connectivity index (χ0) is 57.1. The van der Waals surface area contributed by atoms with Crippen molar-refractivity contribution < 1.29 is 28.6 Å². The van der Waals surface area contributed by atoms with Gasteiger partial charge < -0.3 is 14.2 Å². The van der Waals surface area contributed by atoms with Gasteiger partial charge in [0.1, 0.15) is 13.2 Å². The summed E-state index contributed by atoms with van der Waals surface area (Å²) in [7, 11) is 0. The van der Waals surface area contributed by atoms with Crippen LogP contribution in [0.15, 0.2) is 146 Å². The van der Waals surface area contributed by atoms with Crippen molar-refractivity contribution in [2.24, 2.45) is 0 Å². The van der Waals surface area contributed by atoms with E-state index in [0.717, 1.165) is 167 Å². The summed E-state index contributed by atoms with van der Waals surface area (Å²) in [5.41, 5.74) is 0. The normalized spacial score (nSPS) is 13.1. The number of unbranched alkanes of at least 4 members (excludes halogenated alkanes) is 22. The third-order valence-corrected chi connectivity index (χ3v) is 13.3. The maximum Gasteiger partial charge on any atom is 0.306 e. The molecule has 79 heavy (non-hydrogen) atoms. The van der Waals surface area contributed by atoms with Gasteiger partial charge in [-0.05, 0) is 141 Å². The minimum atomic E-state index is -0.801. The monoisotopic (exact) mass is 1090 g/mol. The van der Waals surface area contributed by atoms with Crippen molar-refractivity contribution in [2.45, 2.75) is 284 Å². The van der Waals surface area contributed by atoms with Gasteiger partial charge in [0.05, 0.1) is 0 Å². The molecule has 0 amide bonds. The number of ether oxygens (including phenoxy) is 3. The van der Waals surface area contributed by atoms with E-state index in [9.17, 15) is 14.4 Å². The Hall–Kier alpha value is -4.71. The van der Waals surface area contributed by atoms with Crippen LogP contribution in [0.1, 0.15) is 278 Å². The van der Waals surface area contributed by atoms with Crippen LogP contribution in [0.25, 0.3) is 0 Å². The third kappa shape index (κ3) is 64.0. The molecule has 0 aliphatic carbocycles. The first-order valence-electron chi connectivity index (χ1n) is 32.3. The lowest BCUT2D eigenvalue weighted by molar-refractivity contribution is -0.167. The first-order chi connectivity index (χ1) is 39.0. The Morgan fingerprint density at radius 2 is 0.519 bits per heavy atom. The average molecular weight is 1090 g/mol. The van der Waals surface area contributed by atoms with Crippen LogP contribution in [0.4, 0.5) is 0 Å². The van der Waals surface area contributed by atoms with Crippen molar-refractivity contribution in [1.29, 1.82) is 0 Å². The van der Waals surface area contributed by atoms with Crippen LogP contribution in [-0.4, -0.2) is 37.2 Å². The third-order valence-electron chi connectivity index (χ3n) is 13.3. The van der Waals surface area contributed by atoms with Gasteiger partial charge in [0, 0.05) is 19.3 Å². The number of hydrogen-bond donors (Lipinski definition) is 0. The summed E-state index contributed by atoms with van der Waals surface area (Å²) >= 11 is 0. The fourth-order valence-corrected chi connectivity index (χ4v) is 8.47. The molecule has 446 valence electrons. The summed E-state index contributed by atoms with van der Waals surface area (Å²) in [5, 5.41) is 0. The SMILES string of the molecule is CC/C=C\C/C=C\C/C=C\C/C=C\C/C=C\C/C=C\C/C=C\C/C=C\CCCCCCCCC(=O)OCC(COC(=O)CCCCCCC/C=C\C/C=C\CCC)OC(=O)CCCCCCCCC/C=C\C/C=C\CCCCC. The number of carbonyl (C=O) groups excluding carboxylic acids is 3. The van der Waals surface area contributed by atoms with Crippen molar-refractivity contribution in [3.63, 3.8) is 0 Å². The molecule has 0 aromatic heterocycles. The quantitative estimate of drug-likeness (QED) is 0.0261. The van der Waals surface area contributed by atoms with E-state index in [2.05, 4.69) is 167 Å². The highest BCUT2D eigenvalue weighted by Gasteiger charge is 2.19. The highest BCUT2D eigenvalue weighted by molar-refractivity contribution is 5.71. The molecule has 6 nitrogen and oxygen atoms in total. The molecule has 0 saturated heterocycles. The molecule has 0 aliphatic rings. The van der Waals surface area contributed by atoms with Crippen LogP contribution in [-0.2, 0) is 28.6 Å². The van der Waals surface area contributed by atoms with Gasteiger partial charge in [-0.2, -0.15) is 0 Å². The number of allylic oxidation sites excluding steroid dienone is 24. The molecule has 0 saturated carbocycles. The van der Waals surface area contributed by atoms with Crippen LogP contribution in [0.3, 0.4) is 0 Å². The number of esters is 3. The summed E-state index contributed by atoms with van der Waals surface area (Å²) in [6.45, 7) is 6.41. The second-order valence-electron chi connectivity index (χ2n) is 20.9. The largest absolute Gasteiger partial charge is 0.462 e. The second-order valence-corrected chi connectivity index (χ2v) is 20.9. The predicted molar refractivity (Wildman–Crippen MR) is 343 cm³/mol. The summed E-state index contributed by atoms with van der Waals surface area (Å²) < 4.78 is 16.9. The lowest BCUT2D eigenvalue weighted by Gasteiger charge is -2.18. The van der Waals surface area contributed by atoms with E-state index in [1.54, 1.807) is 0 Å². The van der Waals surface area contributed by atoms with E-state index in [0.29, 0.717) is 19.3 Å². The first kappa shape index (κ1) is 74.3. The average Bonchev–Trinajstić information content (AvgIpc) is 3.45. The lowest BCUT2D eigenvalue weighted by Crippen LogP contribution is -2.30. The van der Waals surface area contributed by atoms with Gasteiger partial charge >= 0.3 is 17.9 Å². The molecule has 0 N–H and O–H groups in total. The summed E-state index contributed by atoms with van der Waals surface area (Å²) in [6.07, 6.45) is 94.2. The standard InChI is InChI=1S/C73H118O6/c1-4-7-10-13-16-19-22-25-27-29-30-31-32-33-34-35-36-37-38-39-40-41-42-44-45-48-51-54-57-60-63-66-72(75)78-69-70(68-77-71(74)65-62-59-56-53-50-47-24-21-18-15-12-9-6-3)79-73(76)67-64-61-58-55-52-49-46-43-28-26-23-20-17-14-11-8-5-2/h7,10,12,15-17,19-21,24-28,30-31,33-34,36-37,39-40,42,44,70H,4-6,8-9,11,13-14,18,22-23,29,32,35,38,41,43,45-69H2,1-3H3/b10-7-,15-12-,19-16-,20-17-,24-21-,27-25-,28-26-,31-30-,34-33-,37-36-,40-39-,44-42-. The molecule has 0 bridgehead atoms. The minimum Gasteiger partial charge on any atom is -0.462 e. The molecular weight excluding hydrogens is 973 g/mol. The van der Waals surface area contributed by atoms with E-state index in [1.165, 1.54) is 70.6 Å². The number of hydrogen-bond acceptors (Lipinski definition) is 6. The summed E-state index contributed by atoms with van der Waals surface area (Å²) in [5.74, 6) is -0.934. The van der Waals surface area contributed by atoms with E-state index >= 15 is 0 Å². The molecule has 0 radical (unpaired) electrons. The molecule has 0 spiro atoms. The van der Waals surface area contributed by atoms with Crippen molar-refractivity contribution >= 4 is 17.9 Å². The van der Waals surface area contributed by atoms with Crippen LogP contribution >= 0.6 is 0 Å². The lowest BCUT2D eigenvalue weighted by atomic mass is 10.1. The molecule has 0 heterocycles. The summed E-state index contributed by atoms with van der Waals surface area (Å²) in [4.78, 5) is 38.3. The smallest absolute Gasteiger partial charge is 0.306 e. The molecule has 0 aromatic carbocycles. The minimum absolute atomic E-state index is 0.0975. The van der Waals surface area contributed by atoms with E-state index in [1.807, 2.05) is 0 Å². The maximum atomic E-state index is 12.9. The topological polar surface area (TPSA) is 78.9 Å². The van der Waals surface area contributed by atoms with Gasteiger partial charge in [0.25, 0.3) is 0 Å². The Bertz CT molecular complexity index is 1730. The second kappa shape index (κ2) is 65.8. The number of rotatable bonds is 57. The van der Waals surface area contributed by atoms with Gasteiger partial charge in [-0.15, -0.1) is 0 Å². The van der Waals surface area contributed by atoms with Gasteiger partial charge in [-0.3, -0.25) is 14.4 Å². The van der Waals surface area contributed by atoms with E-state index in [-0.39, 0.29) is 31.1 Å². The van der Waals surface area contributed by atoms with Gasteiger partial charge in [0.2, 0.25) is 0 Å². The molecule has 0 rings (SSSR count). The molecular formula is C73H118O6. The fraction of sp³-hybridized carbons (Fsp3) is 0.630. The Kier molecular flexibility index (Phi) is 61.9. The van der Waals surface area contributed by atoms with Crippen molar-refractivity contribution in [3.8, 4) is 0 Å². The van der Waals surface area contributed by atoms with Gasteiger partial charge in [-0.25, -0.2) is 0 Å².